The zero-order valence-electron chi connectivity index (χ0n) is 25.4. The zero-order valence-corrected chi connectivity index (χ0v) is 27.2. The van der Waals surface area contributed by atoms with Gasteiger partial charge in [-0.2, -0.15) is 0 Å². The number of alkyl halides is 1. The van der Waals surface area contributed by atoms with Gasteiger partial charge in [-0.05, 0) is 11.1 Å². The number of nitrogens with one attached hydrogen (secondary N) is 1. The van der Waals surface area contributed by atoms with Crippen LogP contribution in [0.3, 0.4) is 0 Å². The third-order valence-electron chi connectivity index (χ3n) is 6.87. The molecule has 1 aliphatic heterocycles. The minimum absolute atomic E-state index is 0.00835. The number of ether oxygens (including phenoxy) is 5. The molecule has 1 aromatic heterocycles. The number of H-pyrrole nitrogens is 1. The third-order valence-corrected chi connectivity index (χ3v) is 8.20. The number of halogens is 1. The molecule has 11 nitrogen and oxygen atoms in total. The van der Waals surface area contributed by atoms with Crippen LogP contribution in [0.2, 0.25) is 19.6 Å². The van der Waals surface area contributed by atoms with Crippen LogP contribution in [-0.2, 0) is 46.5 Å². The summed E-state index contributed by atoms with van der Waals surface area (Å²) < 4.78 is 30.8. The van der Waals surface area contributed by atoms with E-state index in [2.05, 4.69) is 21.2 Å². The van der Waals surface area contributed by atoms with Crippen molar-refractivity contribution >= 4 is 31.6 Å². The fourth-order valence-corrected chi connectivity index (χ4v) is 5.63. The predicted molar refractivity (Wildman–Crippen MR) is 168 cm³/mol. The molecule has 4 rings (SSSR count). The molecule has 0 bridgehead atoms. The van der Waals surface area contributed by atoms with Crippen molar-refractivity contribution in [1.82, 2.24) is 9.55 Å². The molecule has 13 heteroatoms. The Bertz CT molecular complexity index is 1660. The van der Waals surface area contributed by atoms with Crippen LogP contribution in [0.1, 0.15) is 17.4 Å². The Balaban J connectivity index is 1.94. The summed E-state index contributed by atoms with van der Waals surface area (Å²) >= 11 is 6.68. The van der Waals surface area contributed by atoms with Crippen LogP contribution in [0.4, 0.5) is 0 Å². The predicted octanol–water partition coefficient (Wildman–Crippen LogP) is 3.18. The molecule has 2 aromatic carbocycles. The highest BCUT2D eigenvalue weighted by atomic mass is 35.5. The molecule has 1 saturated heterocycles. The number of hydrogen-bond acceptors (Lipinski definition) is 9. The monoisotopic (exact) mass is 654 g/mol. The summed E-state index contributed by atoms with van der Waals surface area (Å²) in [7, 11) is -1.21. The van der Waals surface area contributed by atoms with Crippen molar-refractivity contribution in [3.63, 3.8) is 0 Å². The number of aromatic amines is 1. The van der Waals surface area contributed by atoms with E-state index >= 15 is 0 Å². The molecule has 0 aliphatic carbocycles. The highest BCUT2D eigenvalue weighted by Gasteiger charge is 2.68. The fourth-order valence-electron chi connectivity index (χ4n) is 4.78. The van der Waals surface area contributed by atoms with Gasteiger partial charge in [0.15, 0.2) is 6.23 Å². The second-order valence-corrected chi connectivity index (χ2v) is 16.5. The molecule has 0 radical (unpaired) electrons. The maximum atomic E-state index is 13.2. The Kier molecular flexibility index (Phi) is 10.8. The lowest BCUT2D eigenvalue weighted by Crippen LogP contribution is -2.58. The Morgan fingerprint density at radius 1 is 0.978 bits per heavy atom. The summed E-state index contributed by atoms with van der Waals surface area (Å²) in [6.45, 7) is 5.86. The van der Waals surface area contributed by atoms with Gasteiger partial charge >= 0.3 is 17.6 Å². The van der Waals surface area contributed by atoms with Gasteiger partial charge in [0.05, 0.1) is 32.8 Å². The van der Waals surface area contributed by atoms with Crippen molar-refractivity contribution in [2.75, 3.05) is 19.6 Å². The molecule has 0 amide bonds. The van der Waals surface area contributed by atoms with Gasteiger partial charge in [-0.25, -0.2) is 14.4 Å². The summed E-state index contributed by atoms with van der Waals surface area (Å²) in [5.74, 6) is 0.107. The van der Waals surface area contributed by atoms with E-state index in [-0.39, 0.29) is 25.7 Å². The molecule has 0 spiro atoms. The number of carbonyl (C=O) groups excluding carboxylic acids is 2. The maximum absolute atomic E-state index is 13.2. The summed E-state index contributed by atoms with van der Waals surface area (Å²) in [4.78, 5) is 53.1. The number of hydrogen-bond donors (Lipinski definition) is 1. The third kappa shape index (κ3) is 8.00. The van der Waals surface area contributed by atoms with E-state index in [1.807, 2.05) is 80.3 Å². The molecule has 2 heterocycles. The van der Waals surface area contributed by atoms with Gasteiger partial charge in [0, 0.05) is 12.3 Å². The SMILES string of the molecule is COC(=O)C(=O)OC1(C#C[Si](C)(C)C)C(n2ccc(=O)[nH]c2=O)OC(CCl)(COCc2ccccc2)C1OCc1ccccc1. The van der Waals surface area contributed by atoms with Crippen LogP contribution in [0, 0.1) is 11.5 Å². The van der Waals surface area contributed by atoms with Crippen molar-refractivity contribution in [2.24, 2.45) is 0 Å². The number of methoxy groups -OCH3 is 1. The van der Waals surface area contributed by atoms with Crippen molar-refractivity contribution in [2.45, 2.75) is 56.4 Å². The molecule has 45 heavy (non-hydrogen) atoms. The number of aromatic nitrogens is 2. The van der Waals surface area contributed by atoms with Crippen LogP contribution in [0.15, 0.2) is 82.5 Å². The number of esters is 2. The first-order chi connectivity index (χ1) is 21.4. The Morgan fingerprint density at radius 3 is 2.16 bits per heavy atom. The highest BCUT2D eigenvalue weighted by molar-refractivity contribution is 6.83. The van der Waals surface area contributed by atoms with Crippen LogP contribution in [0.5, 0.6) is 0 Å². The van der Waals surface area contributed by atoms with Gasteiger partial charge in [0.1, 0.15) is 19.8 Å². The molecule has 238 valence electrons. The minimum atomic E-state index is -2.24. The van der Waals surface area contributed by atoms with Gasteiger partial charge in [-0.3, -0.25) is 14.3 Å². The fraction of sp³-hybridized carbons (Fsp3) is 0.375. The van der Waals surface area contributed by atoms with E-state index < -0.39 is 54.8 Å². The first-order valence-corrected chi connectivity index (χ1v) is 18.1. The highest BCUT2D eigenvalue weighted by Crippen LogP contribution is 2.49. The standard InChI is InChI=1S/C32H35ClN2O9Si/c1-40-26(37)27(38)43-32(16-18-45(2,3)4)28(42-20-24-13-9-6-10-14-24)31(21-33,22-41-19-23-11-7-5-8-12-23)44-29(32)35-17-15-25(36)34-30(35)39/h5-15,17,28-29H,19-22H2,1-4H3,(H,34,36,39). The van der Waals surface area contributed by atoms with Crippen LogP contribution < -0.4 is 11.2 Å². The molecule has 1 aliphatic rings. The van der Waals surface area contributed by atoms with Crippen LogP contribution in [0.25, 0.3) is 0 Å². The van der Waals surface area contributed by atoms with E-state index in [0.29, 0.717) is 0 Å². The molecule has 0 saturated carbocycles. The number of rotatable bonds is 10. The van der Waals surface area contributed by atoms with Crippen molar-refractivity contribution in [3.05, 3.63) is 105 Å². The molecule has 3 aromatic rings. The van der Waals surface area contributed by atoms with Crippen molar-refractivity contribution in [1.29, 1.82) is 0 Å². The Labute approximate surface area is 266 Å². The second kappa shape index (κ2) is 14.4. The van der Waals surface area contributed by atoms with Gasteiger partial charge in [0.2, 0.25) is 5.60 Å². The summed E-state index contributed by atoms with van der Waals surface area (Å²) in [6.07, 6.45) is -1.68. The Hall–Kier alpha value is -3.99. The molecule has 4 atom stereocenters. The number of carbonyl (C=O) groups is 2. The van der Waals surface area contributed by atoms with Gasteiger partial charge < -0.3 is 23.7 Å². The quantitative estimate of drug-likeness (QED) is 0.115. The summed E-state index contributed by atoms with van der Waals surface area (Å²) in [6, 6.07) is 19.7. The van der Waals surface area contributed by atoms with Crippen molar-refractivity contribution < 1.29 is 33.3 Å². The van der Waals surface area contributed by atoms with Gasteiger partial charge in [-0.1, -0.05) is 86.2 Å². The zero-order chi connectivity index (χ0) is 32.7. The maximum Gasteiger partial charge on any atom is 0.419 e. The average molecular weight is 655 g/mol. The summed E-state index contributed by atoms with van der Waals surface area (Å²) in [5, 5.41) is 0. The molecular formula is C32H35ClN2O9Si. The van der Waals surface area contributed by atoms with Crippen LogP contribution in [-0.4, -0.2) is 66.5 Å². The molecule has 1 N–H and O–H groups in total. The van der Waals surface area contributed by atoms with E-state index in [1.165, 1.54) is 6.20 Å². The lowest BCUT2D eigenvalue weighted by molar-refractivity contribution is -0.185. The Morgan fingerprint density at radius 2 is 1.60 bits per heavy atom. The first-order valence-electron chi connectivity index (χ1n) is 14.1. The second-order valence-electron chi connectivity index (χ2n) is 11.5. The summed E-state index contributed by atoms with van der Waals surface area (Å²) in [5.41, 5.74) is -0.434. The lowest BCUT2D eigenvalue weighted by atomic mass is 9.87. The normalized spacial score (nSPS) is 22.7. The molecule has 1 fully saturated rings. The smallest absolute Gasteiger partial charge is 0.419 e. The van der Waals surface area contributed by atoms with E-state index in [0.717, 1.165) is 28.9 Å². The number of benzene rings is 2. The van der Waals surface area contributed by atoms with E-state index in [1.54, 1.807) is 0 Å². The van der Waals surface area contributed by atoms with Crippen molar-refractivity contribution in [3.8, 4) is 11.5 Å². The lowest BCUT2D eigenvalue weighted by Gasteiger charge is -2.37. The molecule has 4 unspecified atom stereocenters. The number of nitrogens with zero attached hydrogens (tertiary/aromatic N) is 1. The topological polar surface area (TPSA) is 135 Å². The van der Waals surface area contributed by atoms with E-state index in [4.69, 9.17) is 30.5 Å². The largest absolute Gasteiger partial charge is 0.461 e. The van der Waals surface area contributed by atoms with Gasteiger partial charge in [-0.15, -0.1) is 17.1 Å². The van der Waals surface area contributed by atoms with Crippen LogP contribution >= 0.6 is 11.6 Å². The minimum Gasteiger partial charge on any atom is -0.461 e. The first kappa shape index (κ1) is 33.9. The average Bonchev–Trinajstić information content (AvgIpc) is 3.28. The molecular weight excluding hydrogens is 620 g/mol. The van der Waals surface area contributed by atoms with E-state index in [9.17, 15) is 19.2 Å². The van der Waals surface area contributed by atoms with Gasteiger partial charge in [0.25, 0.3) is 5.56 Å².